The standard InChI is InChI=1S/C19H15N5O/c1-23-11-14(10-21-23)15-5-6-20-16-8-18(25-19(15)16)12-3-4-13-9-22-24(2)17(13)7-12/h3-11H,1-2H3. The van der Waals surface area contributed by atoms with E-state index < -0.39 is 0 Å². The monoisotopic (exact) mass is 329 g/mol. The fourth-order valence-corrected chi connectivity index (χ4v) is 3.17. The molecular weight excluding hydrogens is 314 g/mol. The number of nitrogens with zero attached hydrogens (tertiary/aromatic N) is 5. The van der Waals surface area contributed by atoms with E-state index in [2.05, 4.69) is 27.3 Å². The van der Waals surface area contributed by atoms with Crippen molar-refractivity contribution >= 4 is 22.0 Å². The van der Waals surface area contributed by atoms with Crippen LogP contribution >= 0.6 is 0 Å². The largest absolute Gasteiger partial charge is 0.454 e. The summed E-state index contributed by atoms with van der Waals surface area (Å²) in [6.45, 7) is 0. The second-order valence-electron chi connectivity index (χ2n) is 6.13. The van der Waals surface area contributed by atoms with Gasteiger partial charge in [-0.3, -0.25) is 14.3 Å². The van der Waals surface area contributed by atoms with E-state index in [0.717, 1.165) is 44.5 Å². The molecule has 4 aromatic heterocycles. The van der Waals surface area contributed by atoms with Crippen LogP contribution in [-0.4, -0.2) is 24.5 Å². The predicted octanol–water partition coefficient (Wildman–Crippen LogP) is 3.78. The Labute approximate surface area is 143 Å². The lowest BCUT2D eigenvalue weighted by Crippen LogP contribution is -1.88. The number of furan rings is 1. The molecule has 0 aliphatic heterocycles. The molecule has 0 aliphatic rings. The molecule has 0 spiro atoms. The maximum atomic E-state index is 6.19. The van der Waals surface area contributed by atoms with Crippen molar-refractivity contribution in [3.63, 3.8) is 0 Å². The van der Waals surface area contributed by atoms with Crippen molar-refractivity contribution in [2.24, 2.45) is 14.1 Å². The smallest absolute Gasteiger partial charge is 0.161 e. The Morgan fingerprint density at radius 2 is 1.88 bits per heavy atom. The van der Waals surface area contributed by atoms with Crippen LogP contribution < -0.4 is 0 Å². The highest BCUT2D eigenvalue weighted by atomic mass is 16.3. The zero-order valence-corrected chi connectivity index (χ0v) is 13.8. The van der Waals surface area contributed by atoms with Gasteiger partial charge in [-0.15, -0.1) is 0 Å². The molecule has 0 fully saturated rings. The number of pyridine rings is 1. The lowest BCUT2D eigenvalue weighted by Gasteiger charge is -2.00. The zero-order valence-electron chi connectivity index (χ0n) is 13.8. The first-order chi connectivity index (χ1) is 12.2. The number of hydrogen-bond acceptors (Lipinski definition) is 4. The minimum atomic E-state index is 0.774. The number of hydrogen-bond donors (Lipinski definition) is 0. The summed E-state index contributed by atoms with van der Waals surface area (Å²) in [6.07, 6.45) is 7.46. The molecule has 0 saturated heterocycles. The van der Waals surface area contributed by atoms with Gasteiger partial charge >= 0.3 is 0 Å². The summed E-state index contributed by atoms with van der Waals surface area (Å²) in [6, 6.07) is 10.1. The van der Waals surface area contributed by atoms with Gasteiger partial charge in [-0.2, -0.15) is 10.2 Å². The quantitative estimate of drug-likeness (QED) is 0.494. The van der Waals surface area contributed by atoms with Gasteiger partial charge in [-0.1, -0.05) is 12.1 Å². The number of fused-ring (bicyclic) bond motifs is 2. The van der Waals surface area contributed by atoms with Crippen molar-refractivity contribution in [2.75, 3.05) is 0 Å². The topological polar surface area (TPSA) is 61.7 Å². The molecule has 122 valence electrons. The molecule has 0 aliphatic carbocycles. The van der Waals surface area contributed by atoms with Gasteiger partial charge in [0.25, 0.3) is 0 Å². The molecular formula is C19H15N5O. The molecule has 0 radical (unpaired) electrons. The predicted molar refractivity (Wildman–Crippen MR) is 95.9 cm³/mol. The van der Waals surface area contributed by atoms with E-state index in [0.29, 0.717) is 0 Å². The molecule has 6 nitrogen and oxygen atoms in total. The van der Waals surface area contributed by atoms with E-state index in [9.17, 15) is 0 Å². The molecule has 0 saturated carbocycles. The van der Waals surface area contributed by atoms with Gasteiger partial charge in [0.15, 0.2) is 5.58 Å². The molecule has 6 heteroatoms. The summed E-state index contributed by atoms with van der Waals surface area (Å²) in [5.74, 6) is 0.793. The molecule has 0 amide bonds. The Kier molecular flexibility index (Phi) is 2.82. The maximum absolute atomic E-state index is 6.19. The molecule has 25 heavy (non-hydrogen) atoms. The zero-order chi connectivity index (χ0) is 17.0. The third kappa shape index (κ3) is 2.15. The van der Waals surface area contributed by atoms with Crippen molar-refractivity contribution in [3.8, 4) is 22.5 Å². The molecule has 5 aromatic rings. The van der Waals surface area contributed by atoms with Crippen LogP contribution in [0.5, 0.6) is 0 Å². The average Bonchev–Trinajstić information content (AvgIpc) is 3.33. The van der Waals surface area contributed by atoms with E-state index in [-0.39, 0.29) is 0 Å². The fourth-order valence-electron chi connectivity index (χ4n) is 3.17. The molecule has 4 heterocycles. The molecule has 0 unspecified atom stereocenters. The number of aromatic nitrogens is 5. The maximum Gasteiger partial charge on any atom is 0.161 e. The van der Waals surface area contributed by atoms with Gasteiger partial charge in [0, 0.05) is 54.6 Å². The van der Waals surface area contributed by atoms with E-state index in [4.69, 9.17) is 4.42 Å². The Bertz CT molecular complexity index is 1230. The molecule has 5 rings (SSSR count). The SMILES string of the molecule is Cn1cc(-c2ccnc3cc(-c4ccc5cnn(C)c5c4)oc23)cn1. The van der Waals surface area contributed by atoms with Gasteiger partial charge in [0.2, 0.25) is 0 Å². The van der Waals surface area contributed by atoms with E-state index in [1.165, 1.54) is 0 Å². The summed E-state index contributed by atoms with van der Waals surface area (Å²) >= 11 is 0. The van der Waals surface area contributed by atoms with Crippen molar-refractivity contribution < 1.29 is 4.42 Å². The Balaban J connectivity index is 1.70. The first-order valence-corrected chi connectivity index (χ1v) is 7.99. The number of benzene rings is 1. The normalized spacial score (nSPS) is 11.6. The lowest BCUT2D eigenvalue weighted by atomic mass is 10.1. The van der Waals surface area contributed by atoms with Crippen LogP contribution in [0.2, 0.25) is 0 Å². The van der Waals surface area contributed by atoms with Crippen LogP contribution in [0, 0.1) is 0 Å². The summed E-state index contributed by atoms with van der Waals surface area (Å²) in [7, 11) is 3.84. The number of rotatable bonds is 2. The van der Waals surface area contributed by atoms with Crippen LogP contribution in [-0.2, 0) is 14.1 Å². The van der Waals surface area contributed by atoms with Crippen LogP contribution in [0.15, 0.2) is 59.5 Å². The Morgan fingerprint density at radius 1 is 0.960 bits per heavy atom. The van der Waals surface area contributed by atoms with Crippen LogP contribution in [0.3, 0.4) is 0 Å². The number of aryl methyl sites for hydroxylation is 2. The molecule has 1 aromatic carbocycles. The van der Waals surface area contributed by atoms with E-state index >= 15 is 0 Å². The van der Waals surface area contributed by atoms with Gasteiger partial charge in [-0.05, 0) is 12.1 Å². The minimum absolute atomic E-state index is 0.774. The van der Waals surface area contributed by atoms with Crippen LogP contribution in [0.25, 0.3) is 44.5 Å². The second kappa shape index (κ2) is 5.04. The van der Waals surface area contributed by atoms with Crippen molar-refractivity contribution in [3.05, 3.63) is 55.1 Å². The Morgan fingerprint density at radius 3 is 2.72 bits per heavy atom. The highest BCUT2D eigenvalue weighted by Gasteiger charge is 2.14. The summed E-state index contributed by atoms with van der Waals surface area (Å²) < 4.78 is 9.83. The highest BCUT2D eigenvalue weighted by Crippen LogP contribution is 2.34. The Hall–Kier alpha value is -3.41. The molecule has 0 atom stereocenters. The third-order valence-electron chi connectivity index (χ3n) is 4.46. The first kappa shape index (κ1) is 14.0. The van der Waals surface area contributed by atoms with Gasteiger partial charge in [-0.25, -0.2) is 0 Å². The average molecular weight is 329 g/mol. The van der Waals surface area contributed by atoms with Gasteiger partial charge < -0.3 is 4.42 Å². The summed E-state index contributed by atoms with van der Waals surface area (Å²) in [5, 5.41) is 9.65. The van der Waals surface area contributed by atoms with Crippen LogP contribution in [0.4, 0.5) is 0 Å². The lowest BCUT2D eigenvalue weighted by molar-refractivity contribution is 0.632. The van der Waals surface area contributed by atoms with Crippen LogP contribution in [0.1, 0.15) is 0 Å². The summed E-state index contributed by atoms with van der Waals surface area (Å²) in [5.41, 5.74) is 5.69. The van der Waals surface area contributed by atoms with Crippen molar-refractivity contribution in [1.82, 2.24) is 24.5 Å². The highest BCUT2D eigenvalue weighted by molar-refractivity contribution is 5.93. The van der Waals surface area contributed by atoms with Gasteiger partial charge in [0.05, 0.1) is 17.9 Å². The second-order valence-corrected chi connectivity index (χ2v) is 6.13. The van der Waals surface area contributed by atoms with E-state index in [1.54, 1.807) is 10.9 Å². The summed E-state index contributed by atoms with van der Waals surface area (Å²) in [4.78, 5) is 4.45. The third-order valence-corrected chi connectivity index (χ3v) is 4.46. The van der Waals surface area contributed by atoms with Crippen molar-refractivity contribution in [1.29, 1.82) is 0 Å². The van der Waals surface area contributed by atoms with E-state index in [1.807, 2.05) is 55.6 Å². The fraction of sp³-hybridized carbons (Fsp3) is 0.105. The molecule has 0 N–H and O–H groups in total. The van der Waals surface area contributed by atoms with Gasteiger partial charge in [0.1, 0.15) is 11.3 Å². The minimum Gasteiger partial charge on any atom is -0.454 e. The van der Waals surface area contributed by atoms with Crippen molar-refractivity contribution in [2.45, 2.75) is 0 Å². The first-order valence-electron chi connectivity index (χ1n) is 7.99. The molecule has 0 bridgehead atoms.